The molecule has 0 spiro atoms. The monoisotopic (exact) mass is 168 g/mol. The third-order valence-electron chi connectivity index (χ3n) is 1.66. The van der Waals surface area contributed by atoms with Crippen LogP contribution in [0.3, 0.4) is 0 Å². The molecule has 0 aromatic carbocycles. The van der Waals surface area contributed by atoms with Crippen molar-refractivity contribution in [3.63, 3.8) is 0 Å². The zero-order chi connectivity index (χ0) is 8.10. The minimum absolute atomic E-state index is 0.756. The van der Waals surface area contributed by atoms with E-state index in [0.717, 1.165) is 5.25 Å². The van der Waals surface area contributed by atoms with E-state index in [9.17, 15) is 0 Å². The Morgan fingerprint density at radius 2 is 2.27 bits per heavy atom. The second-order valence-corrected chi connectivity index (χ2v) is 4.68. The van der Waals surface area contributed by atoms with Crippen LogP contribution < -0.4 is 0 Å². The molecule has 62 valence electrons. The van der Waals surface area contributed by atoms with Crippen LogP contribution in [0, 0.1) is 0 Å². The van der Waals surface area contributed by atoms with Gasteiger partial charge in [-0.25, -0.2) is 0 Å². The van der Waals surface area contributed by atoms with E-state index in [1.807, 2.05) is 11.8 Å². The summed E-state index contributed by atoms with van der Waals surface area (Å²) in [6.07, 6.45) is 9.37. The number of hydrogen-bond donors (Lipinski definition) is 0. The fourth-order valence-corrected chi connectivity index (χ4v) is 1.78. The lowest BCUT2D eigenvalue weighted by molar-refractivity contribution is 1.02. The SMILES string of the molecule is CC(C)SCC1=CCCC=C1. The van der Waals surface area contributed by atoms with Crippen LogP contribution in [0.4, 0.5) is 0 Å². The lowest BCUT2D eigenvalue weighted by atomic mass is 10.1. The fourth-order valence-electron chi connectivity index (χ4n) is 1.04. The van der Waals surface area contributed by atoms with Crippen molar-refractivity contribution in [2.75, 3.05) is 5.75 Å². The van der Waals surface area contributed by atoms with Crippen LogP contribution in [-0.2, 0) is 0 Å². The molecule has 1 heteroatoms. The fraction of sp³-hybridized carbons (Fsp3) is 0.600. The molecule has 0 radical (unpaired) electrons. The Bertz CT molecular complexity index is 166. The topological polar surface area (TPSA) is 0 Å². The van der Waals surface area contributed by atoms with Crippen molar-refractivity contribution >= 4 is 11.8 Å². The highest BCUT2D eigenvalue weighted by Crippen LogP contribution is 2.18. The molecule has 0 bridgehead atoms. The summed E-state index contributed by atoms with van der Waals surface area (Å²) in [5.74, 6) is 1.19. The van der Waals surface area contributed by atoms with Gasteiger partial charge >= 0.3 is 0 Å². The van der Waals surface area contributed by atoms with Crippen LogP contribution in [0.5, 0.6) is 0 Å². The van der Waals surface area contributed by atoms with Gasteiger partial charge in [0, 0.05) is 5.75 Å². The molecule has 0 saturated carbocycles. The van der Waals surface area contributed by atoms with Gasteiger partial charge in [-0.05, 0) is 23.7 Å². The smallest absolute Gasteiger partial charge is 0.0183 e. The Balaban J connectivity index is 2.25. The molecule has 0 nitrogen and oxygen atoms in total. The van der Waals surface area contributed by atoms with Crippen molar-refractivity contribution in [3.8, 4) is 0 Å². The van der Waals surface area contributed by atoms with Gasteiger partial charge in [0.1, 0.15) is 0 Å². The normalized spacial score (nSPS) is 17.2. The highest BCUT2D eigenvalue weighted by Gasteiger charge is 1.99. The molecule has 0 aromatic heterocycles. The Morgan fingerprint density at radius 1 is 1.45 bits per heavy atom. The number of thioether (sulfide) groups is 1. The van der Waals surface area contributed by atoms with E-state index in [1.54, 1.807) is 0 Å². The minimum atomic E-state index is 0.756. The van der Waals surface area contributed by atoms with Gasteiger partial charge in [-0.15, -0.1) is 0 Å². The maximum absolute atomic E-state index is 2.36. The summed E-state index contributed by atoms with van der Waals surface area (Å²) in [6, 6.07) is 0. The third-order valence-corrected chi connectivity index (χ3v) is 2.82. The Kier molecular flexibility index (Phi) is 3.78. The van der Waals surface area contributed by atoms with E-state index < -0.39 is 0 Å². The average Bonchev–Trinajstić information content (AvgIpc) is 2.03. The molecule has 11 heavy (non-hydrogen) atoms. The number of hydrogen-bond acceptors (Lipinski definition) is 1. The van der Waals surface area contributed by atoms with Gasteiger partial charge in [-0.2, -0.15) is 11.8 Å². The van der Waals surface area contributed by atoms with Gasteiger partial charge < -0.3 is 0 Å². The summed E-state index contributed by atoms with van der Waals surface area (Å²) in [5.41, 5.74) is 1.51. The maximum atomic E-state index is 2.36. The number of rotatable bonds is 3. The molecular formula is C10H16S. The Hall–Kier alpha value is -0.170. The van der Waals surface area contributed by atoms with E-state index >= 15 is 0 Å². The molecule has 1 aliphatic rings. The van der Waals surface area contributed by atoms with Crippen molar-refractivity contribution in [3.05, 3.63) is 23.8 Å². The first-order valence-electron chi connectivity index (χ1n) is 4.26. The molecule has 0 unspecified atom stereocenters. The van der Waals surface area contributed by atoms with Gasteiger partial charge in [-0.1, -0.05) is 32.1 Å². The van der Waals surface area contributed by atoms with Crippen molar-refractivity contribution < 1.29 is 0 Å². The molecule has 0 fully saturated rings. The summed E-state index contributed by atoms with van der Waals surface area (Å²) < 4.78 is 0. The van der Waals surface area contributed by atoms with Gasteiger partial charge in [-0.3, -0.25) is 0 Å². The van der Waals surface area contributed by atoms with Crippen molar-refractivity contribution in [1.82, 2.24) is 0 Å². The summed E-state index contributed by atoms with van der Waals surface area (Å²) in [4.78, 5) is 0. The van der Waals surface area contributed by atoms with E-state index in [4.69, 9.17) is 0 Å². The summed E-state index contributed by atoms with van der Waals surface area (Å²) >= 11 is 2.02. The quantitative estimate of drug-likeness (QED) is 0.622. The largest absolute Gasteiger partial charge is 0.154 e. The van der Waals surface area contributed by atoms with E-state index in [2.05, 4.69) is 32.1 Å². The highest BCUT2D eigenvalue weighted by atomic mass is 32.2. The predicted octanol–water partition coefficient (Wildman–Crippen LogP) is 3.40. The van der Waals surface area contributed by atoms with Crippen molar-refractivity contribution in [2.45, 2.75) is 31.9 Å². The lowest BCUT2D eigenvalue weighted by Gasteiger charge is -2.08. The van der Waals surface area contributed by atoms with E-state index in [0.29, 0.717) is 0 Å². The molecule has 0 amide bonds. The molecule has 0 saturated heterocycles. The molecule has 0 N–H and O–H groups in total. The van der Waals surface area contributed by atoms with E-state index in [1.165, 1.54) is 24.2 Å². The molecule has 0 atom stereocenters. The zero-order valence-electron chi connectivity index (χ0n) is 7.34. The first-order chi connectivity index (χ1) is 5.29. The molecule has 0 aliphatic heterocycles. The standard InChI is InChI=1S/C10H16S/c1-9(2)11-8-10-6-4-3-5-7-10/h4,6-7,9H,3,5,8H2,1-2H3. The summed E-state index contributed by atoms with van der Waals surface area (Å²) in [7, 11) is 0. The second kappa shape index (κ2) is 4.66. The molecule has 1 aliphatic carbocycles. The van der Waals surface area contributed by atoms with Gasteiger partial charge in [0.2, 0.25) is 0 Å². The molecule has 0 aromatic rings. The van der Waals surface area contributed by atoms with E-state index in [-0.39, 0.29) is 0 Å². The first-order valence-corrected chi connectivity index (χ1v) is 5.31. The van der Waals surface area contributed by atoms with Crippen LogP contribution in [0.2, 0.25) is 0 Å². The van der Waals surface area contributed by atoms with Gasteiger partial charge in [0.05, 0.1) is 0 Å². The summed E-state index contributed by atoms with van der Waals surface area (Å²) in [6.45, 7) is 4.50. The number of allylic oxidation sites excluding steroid dienone is 3. The second-order valence-electron chi connectivity index (χ2n) is 3.12. The first kappa shape index (κ1) is 8.92. The van der Waals surface area contributed by atoms with Gasteiger partial charge in [0.15, 0.2) is 0 Å². The minimum Gasteiger partial charge on any atom is -0.154 e. The average molecular weight is 168 g/mol. The van der Waals surface area contributed by atoms with Crippen LogP contribution in [0.15, 0.2) is 23.8 Å². The lowest BCUT2D eigenvalue weighted by Crippen LogP contribution is -1.93. The molecule has 1 rings (SSSR count). The predicted molar refractivity (Wildman–Crippen MR) is 54.1 cm³/mol. The van der Waals surface area contributed by atoms with Crippen molar-refractivity contribution in [1.29, 1.82) is 0 Å². The Morgan fingerprint density at radius 3 is 2.82 bits per heavy atom. The van der Waals surface area contributed by atoms with Gasteiger partial charge in [0.25, 0.3) is 0 Å². The van der Waals surface area contributed by atoms with Crippen LogP contribution >= 0.6 is 11.8 Å². The Labute approximate surface area is 73.8 Å². The highest BCUT2D eigenvalue weighted by molar-refractivity contribution is 8.00. The van der Waals surface area contributed by atoms with Crippen molar-refractivity contribution in [2.24, 2.45) is 0 Å². The zero-order valence-corrected chi connectivity index (χ0v) is 8.16. The summed E-state index contributed by atoms with van der Waals surface area (Å²) in [5, 5.41) is 0.756. The molecular weight excluding hydrogens is 152 g/mol. The molecule has 0 heterocycles. The van der Waals surface area contributed by atoms with Crippen LogP contribution in [-0.4, -0.2) is 11.0 Å². The third kappa shape index (κ3) is 3.66. The van der Waals surface area contributed by atoms with Crippen LogP contribution in [0.1, 0.15) is 26.7 Å². The maximum Gasteiger partial charge on any atom is 0.0183 e. The van der Waals surface area contributed by atoms with Crippen LogP contribution in [0.25, 0.3) is 0 Å².